The lowest BCUT2D eigenvalue weighted by molar-refractivity contribution is 0.0764. The molecule has 2 N–H and O–H groups in total. The first-order valence-corrected chi connectivity index (χ1v) is 21.9. The van der Waals surface area contributed by atoms with Gasteiger partial charge in [-0.25, -0.2) is 9.59 Å². The second-order valence-electron chi connectivity index (χ2n) is 10.5. The van der Waals surface area contributed by atoms with E-state index in [4.69, 9.17) is 0 Å². The van der Waals surface area contributed by atoms with Crippen LogP contribution in [0.5, 0.6) is 0 Å². The third-order valence-electron chi connectivity index (χ3n) is 7.93. The lowest BCUT2D eigenvalue weighted by Crippen LogP contribution is -2.58. The van der Waals surface area contributed by atoms with E-state index < -0.39 is 12.7 Å². The monoisotopic (exact) mass is 652 g/mol. The molecule has 2 aromatic rings. The Bertz CT molecular complexity index is 1130. The first kappa shape index (κ1) is 34.6. The van der Waals surface area contributed by atoms with E-state index in [0.29, 0.717) is 37.7 Å². The predicted octanol–water partition coefficient (Wildman–Crippen LogP) is 8.65. The fourth-order valence-electron chi connectivity index (χ4n) is 5.13. The fraction of sp³-hybridized carbons (Fsp3) is 0.533. The van der Waals surface area contributed by atoms with Gasteiger partial charge in [0.2, 0.25) is 0 Å². The van der Waals surface area contributed by atoms with Gasteiger partial charge in [-0.2, -0.15) is 0 Å². The second-order valence-corrected chi connectivity index (χ2v) is 22.2. The topological polar surface area (TPSA) is 98.8 Å². The zero-order chi connectivity index (χ0) is 30.6. The summed E-state index contributed by atoms with van der Waals surface area (Å²) in [6, 6.07) is 18.6. The van der Waals surface area contributed by atoms with Crippen molar-refractivity contribution >= 4 is 47.9 Å². The van der Waals surface area contributed by atoms with Crippen LogP contribution in [0, 0.1) is 0 Å². The number of carbonyl (C=O) groups excluding carboxylic acids is 2. The smallest absolute Gasteiger partial charge is 0.315 e. The molecule has 1 aliphatic rings. The van der Waals surface area contributed by atoms with Crippen molar-refractivity contribution in [2.45, 2.75) is 78.6 Å². The third-order valence-corrected chi connectivity index (χ3v) is 18.6. The van der Waals surface area contributed by atoms with Crippen molar-refractivity contribution in [2.24, 2.45) is 0 Å². The number of benzene rings is 2. The van der Waals surface area contributed by atoms with Crippen LogP contribution in [-0.2, 0) is 22.2 Å². The number of hydrogen-bond acceptors (Lipinski definition) is 6. The zero-order valence-electron chi connectivity index (χ0n) is 25.2. The molecule has 0 bridgehead atoms. The van der Waals surface area contributed by atoms with Crippen LogP contribution in [-0.4, -0.2) is 58.6 Å². The number of carbonyl (C=O) groups is 2. The summed E-state index contributed by atoms with van der Waals surface area (Å²) in [6.07, 6.45) is 0.215. The molecule has 1 saturated carbocycles. The molecule has 2 aromatic carbocycles. The van der Waals surface area contributed by atoms with E-state index in [1.165, 1.54) is 0 Å². The van der Waals surface area contributed by atoms with E-state index in [0.717, 1.165) is 59.9 Å². The Morgan fingerprint density at radius 3 is 1.31 bits per heavy atom. The van der Waals surface area contributed by atoms with Gasteiger partial charge in [0.1, 0.15) is 0 Å². The SMILES string of the molecule is CCP(=O)(CC)SNC(=O)N(Cc1ccccc1)C1CCCCC1N(Cc1ccccc1)C(=O)NSP(=O)(CC)CC. The van der Waals surface area contributed by atoms with Crippen LogP contribution in [0.1, 0.15) is 64.5 Å². The first-order chi connectivity index (χ1) is 20.2. The fourth-order valence-corrected chi connectivity index (χ4v) is 10.3. The van der Waals surface area contributed by atoms with Gasteiger partial charge in [0, 0.05) is 60.9 Å². The average Bonchev–Trinajstić information content (AvgIpc) is 3.04. The zero-order valence-corrected chi connectivity index (χ0v) is 28.7. The molecule has 8 nitrogen and oxygen atoms in total. The van der Waals surface area contributed by atoms with Crippen molar-refractivity contribution in [2.75, 3.05) is 24.6 Å². The van der Waals surface area contributed by atoms with Crippen molar-refractivity contribution in [3.8, 4) is 0 Å². The average molecular weight is 653 g/mol. The van der Waals surface area contributed by atoms with Crippen LogP contribution in [0.2, 0.25) is 0 Å². The third kappa shape index (κ3) is 9.83. The molecule has 4 amide bonds. The Labute approximate surface area is 260 Å². The Morgan fingerprint density at radius 2 is 1.00 bits per heavy atom. The maximum Gasteiger partial charge on any atom is 0.328 e. The second kappa shape index (κ2) is 16.8. The van der Waals surface area contributed by atoms with E-state index in [1.54, 1.807) is 0 Å². The van der Waals surface area contributed by atoms with Crippen molar-refractivity contribution < 1.29 is 18.7 Å². The number of amides is 4. The maximum absolute atomic E-state index is 13.9. The summed E-state index contributed by atoms with van der Waals surface area (Å²) in [6.45, 7) is 8.28. The Balaban J connectivity index is 1.96. The van der Waals surface area contributed by atoms with Crippen LogP contribution in [0.3, 0.4) is 0 Å². The Hall–Kier alpha value is -1.86. The molecule has 0 aliphatic heterocycles. The van der Waals surface area contributed by atoms with Crippen molar-refractivity contribution in [1.82, 2.24) is 19.2 Å². The summed E-state index contributed by atoms with van der Waals surface area (Å²) in [7, 11) is 0. The van der Waals surface area contributed by atoms with Gasteiger partial charge >= 0.3 is 12.1 Å². The van der Waals surface area contributed by atoms with Gasteiger partial charge in [-0.1, -0.05) is 101 Å². The molecular formula is C30H46N4O4P2S2. The van der Waals surface area contributed by atoms with Gasteiger partial charge in [-0.15, -0.1) is 0 Å². The maximum atomic E-state index is 13.9. The van der Waals surface area contributed by atoms with Crippen LogP contribution < -0.4 is 9.44 Å². The minimum atomic E-state index is -2.57. The van der Waals surface area contributed by atoms with Crippen molar-refractivity contribution in [1.29, 1.82) is 0 Å². The highest BCUT2D eigenvalue weighted by atomic mass is 32.7. The van der Waals surface area contributed by atoms with Crippen molar-refractivity contribution in [3.63, 3.8) is 0 Å². The molecule has 1 aliphatic carbocycles. The van der Waals surface area contributed by atoms with Gasteiger partial charge in [0.05, 0.1) is 12.1 Å². The quantitative estimate of drug-likeness (QED) is 0.157. The number of urea groups is 2. The van der Waals surface area contributed by atoms with Crippen molar-refractivity contribution in [3.05, 3.63) is 71.8 Å². The summed E-state index contributed by atoms with van der Waals surface area (Å²) < 4.78 is 32.1. The van der Waals surface area contributed by atoms with Gasteiger partial charge in [0.25, 0.3) is 0 Å². The molecule has 12 heteroatoms. The molecule has 0 heterocycles. The molecule has 0 aromatic heterocycles. The highest BCUT2D eigenvalue weighted by molar-refractivity contribution is 8.57. The Morgan fingerprint density at radius 1 is 0.667 bits per heavy atom. The van der Waals surface area contributed by atoms with Crippen LogP contribution in [0.25, 0.3) is 0 Å². The van der Waals surface area contributed by atoms with Crippen LogP contribution in [0.4, 0.5) is 9.59 Å². The van der Waals surface area contributed by atoms with Crippen LogP contribution in [0.15, 0.2) is 60.7 Å². The van der Waals surface area contributed by atoms with E-state index in [2.05, 4.69) is 9.44 Å². The lowest BCUT2D eigenvalue weighted by Gasteiger charge is -2.45. The molecular weight excluding hydrogens is 606 g/mol. The Kier molecular flexibility index (Phi) is 13.9. The van der Waals surface area contributed by atoms with E-state index >= 15 is 0 Å². The highest BCUT2D eigenvalue weighted by Gasteiger charge is 2.39. The summed E-state index contributed by atoms with van der Waals surface area (Å²) in [5.74, 6) is 0. The summed E-state index contributed by atoms with van der Waals surface area (Å²) in [5.41, 5.74) is 1.97. The van der Waals surface area contributed by atoms with Gasteiger partial charge in [0.15, 0.2) is 12.7 Å². The molecule has 2 unspecified atom stereocenters. The molecule has 0 spiro atoms. The first-order valence-electron chi connectivity index (χ1n) is 14.9. The lowest BCUT2D eigenvalue weighted by atomic mass is 9.87. The molecule has 42 heavy (non-hydrogen) atoms. The number of nitrogens with zero attached hydrogens (tertiary/aromatic N) is 2. The molecule has 0 saturated heterocycles. The van der Waals surface area contributed by atoms with Crippen LogP contribution >= 0.6 is 35.8 Å². The summed E-state index contributed by atoms with van der Waals surface area (Å²) in [5, 5.41) is 0. The number of nitrogens with one attached hydrogen (secondary N) is 2. The standard InChI is InChI=1S/C30H46N4O4P2S2/c1-5-39(37,6-2)41-31-29(35)33(23-25-17-11-9-12-18-25)27-21-15-16-22-28(27)34(24-26-19-13-10-14-20-26)30(36)32-42-40(38,7-3)8-4/h9-14,17-20,27-28H,5-8,15-16,21-24H2,1-4H3,(H,31,35)(H,32,36). The van der Waals surface area contributed by atoms with E-state index in [1.807, 2.05) is 98.2 Å². The van der Waals surface area contributed by atoms with E-state index in [9.17, 15) is 18.7 Å². The highest BCUT2D eigenvalue weighted by Crippen LogP contribution is 2.56. The predicted molar refractivity (Wildman–Crippen MR) is 180 cm³/mol. The normalized spacial score (nSPS) is 17.3. The molecule has 3 rings (SSSR count). The molecule has 232 valence electrons. The number of rotatable bonds is 14. The van der Waals surface area contributed by atoms with Gasteiger partial charge in [-0.3, -0.25) is 9.44 Å². The molecule has 0 radical (unpaired) electrons. The largest absolute Gasteiger partial charge is 0.328 e. The number of hydrogen-bond donors (Lipinski definition) is 2. The van der Waals surface area contributed by atoms with Gasteiger partial charge in [-0.05, 0) is 24.0 Å². The minimum absolute atomic E-state index is 0.259. The van der Waals surface area contributed by atoms with Gasteiger partial charge < -0.3 is 18.9 Å². The molecule has 1 fully saturated rings. The summed E-state index contributed by atoms with van der Waals surface area (Å²) >= 11 is 2.11. The summed E-state index contributed by atoms with van der Waals surface area (Å²) in [4.78, 5) is 31.4. The minimum Gasteiger partial charge on any atom is -0.315 e. The molecule has 2 atom stereocenters. The van der Waals surface area contributed by atoms with E-state index in [-0.39, 0.29) is 24.1 Å².